The molecule has 5 heteroatoms. The van der Waals surface area contributed by atoms with Gasteiger partial charge in [0.2, 0.25) is 10.0 Å². The standard InChI is InChI=1S/C15H23NO3S/c1-11-8-14(20(16,17)18)9-12(2)15(11)19-10-13-6-4-3-5-7-13/h8-9,13H,3-7,10H2,1-2H3,(H2,16,17,18). The molecule has 0 aliphatic heterocycles. The van der Waals surface area contributed by atoms with Crippen LogP contribution in [0.2, 0.25) is 0 Å². The van der Waals surface area contributed by atoms with Crippen molar-refractivity contribution in [3.8, 4) is 5.75 Å². The third-order valence-corrected chi connectivity index (χ3v) is 4.84. The first kappa shape index (κ1) is 15.3. The lowest BCUT2D eigenvalue weighted by molar-refractivity contribution is 0.207. The van der Waals surface area contributed by atoms with Crippen molar-refractivity contribution in [3.05, 3.63) is 23.3 Å². The minimum Gasteiger partial charge on any atom is -0.493 e. The van der Waals surface area contributed by atoms with Crippen molar-refractivity contribution in [2.24, 2.45) is 11.1 Å². The van der Waals surface area contributed by atoms with Gasteiger partial charge < -0.3 is 4.74 Å². The Labute approximate surface area is 121 Å². The van der Waals surface area contributed by atoms with E-state index in [0.29, 0.717) is 5.92 Å². The highest BCUT2D eigenvalue weighted by atomic mass is 32.2. The van der Waals surface area contributed by atoms with Crippen molar-refractivity contribution < 1.29 is 13.2 Å². The van der Waals surface area contributed by atoms with Crippen molar-refractivity contribution in [1.29, 1.82) is 0 Å². The van der Waals surface area contributed by atoms with Crippen molar-refractivity contribution in [2.75, 3.05) is 6.61 Å². The van der Waals surface area contributed by atoms with Gasteiger partial charge in [0.25, 0.3) is 0 Å². The van der Waals surface area contributed by atoms with Crippen LogP contribution < -0.4 is 9.88 Å². The summed E-state index contributed by atoms with van der Waals surface area (Å²) >= 11 is 0. The first-order chi connectivity index (χ1) is 9.38. The van der Waals surface area contributed by atoms with Crippen molar-refractivity contribution in [1.82, 2.24) is 0 Å². The molecule has 2 rings (SSSR count). The van der Waals surface area contributed by atoms with Gasteiger partial charge in [0.15, 0.2) is 0 Å². The number of rotatable bonds is 4. The Kier molecular flexibility index (Phi) is 4.70. The molecule has 0 unspecified atom stereocenters. The van der Waals surface area contributed by atoms with Crippen LogP contribution in [0.1, 0.15) is 43.2 Å². The number of sulfonamides is 1. The van der Waals surface area contributed by atoms with Gasteiger partial charge in [-0.25, -0.2) is 13.6 Å². The summed E-state index contributed by atoms with van der Waals surface area (Å²) < 4.78 is 28.7. The van der Waals surface area contributed by atoms with Gasteiger partial charge in [-0.3, -0.25) is 0 Å². The average molecular weight is 297 g/mol. The highest BCUT2D eigenvalue weighted by Gasteiger charge is 2.17. The number of benzene rings is 1. The topological polar surface area (TPSA) is 69.4 Å². The molecular weight excluding hydrogens is 274 g/mol. The summed E-state index contributed by atoms with van der Waals surface area (Å²) in [6.45, 7) is 4.44. The average Bonchev–Trinajstić information content (AvgIpc) is 2.37. The molecule has 0 radical (unpaired) electrons. The van der Waals surface area contributed by atoms with Crippen LogP contribution in [0.15, 0.2) is 17.0 Å². The lowest BCUT2D eigenvalue weighted by atomic mass is 9.90. The minimum atomic E-state index is -3.66. The van der Waals surface area contributed by atoms with E-state index in [4.69, 9.17) is 9.88 Å². The molecule has 1 aliphatic carbocycles. The second kappa shape index (κ2) is 6.14. The maximum atomic E-state index is 11.4. The number of nitrogens with two attached hydrogens (primary N) is 1. The van der Waals surface area contributed by atoms with Crippen LogP contribution in [0.25, 0.3) is 0 Å². The molecular formula is C15H23NO3S. The van der Waals surface area contributed by atoms with E-state index in [2.05, 4.69) is 0 Å². The summed E-state index contributed by atoms with van der Waals surface area (Å²) in [6.07, 6.45) is 6.37. The van der Waals surface area contributed by atoms with Crippen LogP contribution in [0.5, 0.6) is 5.75 Å². The first-order valence-electron chi connectivity index (χ1n) is 7.15. The van der Waals surface area contributed by atoms with Gasteiger partial charge in [0, 0.05) is 0 Å². The molecule has 0 saturated heterocycles. The van der Waals surface area contributed by atoms with Crippen LogP contribution in [0, 0.1) is 19.8 Å². The van der Waals surface area contributed by atoms with E-state index >= 15 is 0 Å². The zero-order chi connectivity index (χ0) is 14.8. The van der Waals surface area contributed by atoms with Crippen molar-refractivity contribution >= 4 is 10.0 Å². The Morgan fingerprint density at radius 2 is 1.70 bits per heavy atom. The Morgan fingerprint density at radius 1 is 1.15 bits per heavy atom. The fourth-order valence-electron chi connectivity index (χ4n) is 2.86. The molecule has 0 aromatic heterocycles. The summed E-state index contributed by atoms with van der Waals surface area (Å²) in [5, 5.41) is 5.17. The van der Waals surface area contributed by atoms with E-state index in [-0.39, 0.29) is 4.90 Å². The Balaban J connectivity index is 2.12. The summed E-state index contributed by atoms with van der Waals surface area (Å²) in [5.41, 5.74) is 1.65. The molecule has 1 aliphatic rings. The number of aryl methyl sites for hydroxylation is 2. The molecule has 1 aromatic carbocycles. The van der Waals surface area contributed by atoms with Gasteiger partial charge in [-0.1, -0.05) is 19.3 Å². The van der Waals surface area contributed by atoms with E-state index in [9.17, 15) is 8.42 Å². The normalized spacial score (nSPS) is 17.1. The van der Waals surface area contributed by atoms with Crippen LogP contribution in [0.3, 0.4) is 0 Å². The van der Waals surface area contributed by atoms with Gasteiger partial charge in [0.1, 0.15) is 5.75 Å². The van der Waals surface area contributed by atoms with Gasteiger partial charge in [-0.2, -0.15) is 0 Å². The Hall–Kier alpha value is -1.07. The third kappa shape index (κ3) is 3.73. The van der Waals surface area contributed by atoms with Crippen molar-refractivity contribution in [3.63, 3.8) is 0 Å². The Bertz CT molecular complexity index is 552. The van der Waals surface area contributed by atoms with Crippen LogP contribution >= 0.6 is 0 Å². The predicted octanol–water partition coefficient (Wildman–Crippen LogP) is 2.91. The maximum absolute atomic E-state index is 11.4. The van der Waals surface area contributed by atoms with E-state index in [1.807, 2.05) is 13.8 Å². The fourth-order valence-corrected chi connectivity index (χ4v) is 3.54. The highest BCUT2D eigenvalue weighted by Crippen LogP contribution is 2.29. The molecule has 0 spiro atoms. The number of ether oxygens (including phenoxy) is 1. The minimum absolute atomic E-state index is 0.150. The SMILES string of the molecule is Cc1cc(S(N)(=O)=O)cc(C)c1OCC1CCCCC1. The molecule has 0 bridgehead atoms. The quantitative estimate of drug-likeness (QED) is 0.929. The molecule has 20 heavy (non-hydrogen) atoms. The summed E-state index contributed by atoms with van der Waals surface area (Å²) in [4.78, 5) is 0.150. The third-order valence-electron chi connectivity index (χ3n) is 3.95. The number of primary sulfonamides is 1. The summed E-state index contributed by atoms with van der Waals surface area (Å²) in [7, 11) is -3.66. The monoisotopic (exact) mass is 297 g/mol. The van der Waals surface area contributed by atoms with Crippen LogP contribution in [-0.4, -0.2) is 15.0 Å². The molecule has 2 N–H and O–H groups in total. The number of hydrogen-bond donors (Lipinski definition) is 1. The van der Waals surface area contributed by atoms with Gasteiger partial charge >= 0.3 is 0 Å². The summed E-state index contributed by atoms with van der Waals surface area (Å²) in [6, 6.07) is 3.16. The summed E-state index contributed by atoms with van der Waals surface area (Å²) in [5.74, 6) is 1.42. The van der Waals surface area contributed by atoms with E-state index in [1.165, 1.54) is 32.1 Å². The largest absolute Gasteiger partial charge is 0.493 e. The van der Waals surface area contributed by atoms with E-state index < -0.39 is 10.0 Å². The predicted molar refractivity (Wildman–Crippen MR) is 79.4 cm³/mol. The lowest BCUT2D eigenvalue weighted by Crippen LogP contribution is -2.17. The Morgan fingerprint density at radius 3 is 2.20 bits per heavy atom. The van der Waals surface area contributed by atoms with Gasteiger partial charge in [-0.15, -0.1) is 0 Å². The van der Waals surface area contributed by atoms with Gasteiger partial charge in [-0.05, 0) is 55.9 Å². The zero-order valence-corrected chi connectivity index (χ0v) is 13.0. The molecule has 1 saturated carbocycles. The first-order valence-corrected chi connectivity index (χ1v) is 8.69. The maximum Gasteiger partial charge on any atom is 0.238 e. The molecule has 4 nitrogen and oxygen atoms in total. The van der Waals surface area contributed by atoms with Crippen LogP contribution in [0.4, 0.5) is 0 Å². The number of hydrogen-bond acceptors (Lipinski definition) is 3. The smallest absolute Gasteiger partial charge is 0.238 e. The second-order valence-corrected chi connectivity index (χ2v) is 7.31. The molecule has 0 atom stereocenters. The van der Waals surface area contributed by atoms with E-state index in [0.717, 1.165) is 23.5 Å². The molecule has 1 fully saturated rings. The highest BCUT2D eigenvalue weighted by molar-refractivity contribution is 7.89. The molecule has 0 heterocycles. The fraction of sp³-hybridized carbons (Fsp3) is 0.600. The van der Waals surface area contributed by atoms with E-state index in [1.54, 1.807) is 12.1 Å². The molecule has 1 aromatic rings. The molecule has 0 amide bonds. The van der Waals surface area contributed by atoms with Crippen LogP contribution in [-0.2, 0) is 10.0 Å². The molecule has 112 valence electrons. The van der Waals surface area contributed by atoms with Gasteiger partial charge in [0.05, 0.1) is 11.5 Å². The lowest BCUT2D eigenvalue weighted by Gasteiger charge is -2.23. The van der Waals surface area contributed by atoms with Crippen molar-refractivity contribution in [2.45, 2.75) is 50.8 Å². The second-order valence-electron chi connectivity index (χ2n) is 5.75. The zero-order valence-electron chi connectivity index (χ0n) is 12.2.